The lowest BCUT2D eigenvalue weighted by molar-refractivity contribution is 0.0590. The first-order chi connectivity index (χ1) is 9.75. The lowest BCUT2D eigenvalue weighted by Crippen LogP contribution is -2.43. The van der Waals surface area contributed by atoms with Crippen LogP contribution in [0, 0.1) is 28.6 Å². The summed E-state index contributed by atoms with van der Waals surface area (Å²) in [7, 11) is 0. The van der Waals surface area contributed by atoms with Gasteiger partial charge in [-0.25, -0.2) is 0 Å². The molecule has 0 N–H and O–H groups in total. The van der Waals surface area contributed by atoms with E-state index in [4.69, 9.17) is 0 Å². The molecule has 4 atom stereocenters. The van der Waals surface area contributed by atoms with Gasteiger partial charge in [-0.05, 0) is 80.5 Å². The normalized spacial score (nSPS) is 43.1. The van der Waals surface area contributed by atoms with E-state index in [1.165, 1.54) is 44.9 Å². The second kappa shape index (κ2) is 5.00. The van der Waals surface area contributed by atoms with E-state index in [1.807, 2.05) is 5.57 Å². The highest BCUT2D eigenvalue weighted by atomic mass is 14.5. The second-order valence-corrected chi connectivity index (χ2v) is 9.17. The van der Waals surface area contributed by atoms with Gasteiger partial charge in [0.05, 0.1) is 0 Å². The van der Waals surface area contributed by atoms with Gasteiger partial charge in [0.2, 0.25) is 0 Å². The average Bonchev–Trinajstić information content (AvgIpc) is 2.40. The van der Waals surface area contributed by atoms with E-state index in [0.29, 0.717) is 10.8 Å². The fourth-order valence-corrected chi connectivity index (χ4v) is 5.77. The molecule has 2 bridgehead atoms. The van der Waals surface area contributed by atoms with E-state index in [0.717, 1.165) is 17.8 Å². The van der Waals surface area contributed by atoms with Crippen molar-refractivity contribution in [1.29, 1.82) is 0 Å². The minimum atomic E-state index is 0.421. The Balaban J connectivity index is 1.99. The third-order valence-corrected chi connectivity index (χ3v) is 7.72. The minimum absolute atomic E-state index is 0.421. The van der Waals surface area contributed by atoms with Crippen LogP contribution in [0.5, 0.6) is 0 Å². The molecule has 3 rings (SSSR count). The van der Waals surface area contributed by atoms with E-state index in [2.05, 4.69) is 41.2 Å². The number of rotatable bonds is 0. The van der Waals surface area contributed by atoms with Crippen molar-refractivity contribution in [2.24, 2.45) is 28.6 Å². The van der Waals surface area contributed by atoms with Gasteiger partial charge in [-0.15, -0.1) is 0 Å². The fourth-order valence-electron chi connectivity index (χ4n) is 5.77. The Hall–Kier alpha value is -0.520. The third kappa shape index (κ3) is 2.34. The van der Waals surface area contributed by atoms with Crippen molar-refractivity contribution in [2.75, 3.05) is 0 Å². The van der Waals surface area contributed by atoms with Crippen molar-refractivity contribution in [3.8, 4) is 0 Å². The molecule has 2 saturated carbocycles. The molecule has 0 aromatic heterocycles. The Labute approximate surface area is 132 Å². The molecule has 0 saturated heterocycles. The molecule has 0 radical (unpaired) electrons. The maximum atomic E-state index is 4.55. The van der Waals surface area contributed by atoms with Crippen molar-refractivity contribution >= 4 is 0 Å². The molecule has 0 aromatic rings. The average molecular weight is 287 g/mol. The summed E-state index contributed by atoms with van der Waals surface area (Å²) >= 11 is 0. The molecule has 0 aliphatic heterocycles. The van der Waals surface area contributed by atoms with Crippen LogP contribution in [0.2, 0.25) is 0 Å². The summed E-state index contributed by atoms with van der Waals surface area (Å²) in [6.45, 7) is 17.0. The van der Waals surface area contributed by atoms with Crippen LogP contribution in [0.4, 0.5) is 0 Å². The lowest BCUT2D eigenvalue weighted by atomic mass is 9.51. The van der Waals surface area contributed by atoms with E-state index in [1.54, 1.807) is 11.1 Å². The highest BCUT2D eigenvalue weighted by Crippen LogP contribution is 2.59. The van der Waals surface area contributed by atoms with Crippen molar-refractivity contribution in [2.45, 2.75) is 79.6 Å². The lowest BCUT2D eigenvalue weighted by Gasteiger charge is -2.53. The molecule has 3 aliphatic rings. The number of fused-ring (bicyclic) bond motifs is 3. The van der Waals surface area contributed by atoms with Gasteiger partial charge in [-0.1, -0.05) is 51.0 Å². The summed E-state index contributed by atoms with van der Waals surface area (Å²) in [5.74, 6) is 2.37. The smallest absolute Gasteiger partial charge is 0.0114 e. The van der Waals surface area contributed by atoms with E-state index < -0.39 is 0 Å². The van der Waals surface area contributed by atoms with Gasteiger partial charge < -0.3 is 0 Å². The molecule has 0 heterocycles. The van der Waals surface area contributed by atoms with E-state index in [9.17, 15) is 0 Å². The van der Waals surface area contributed by atoms with Crippen LogP contribution in [0.1, 0.15) is 79.6 Å². The summed E-state index contributed by atoms with van der Waals surface area (Å²) < 4.78 is 0. The van der Waals surface area contributed by atoms with Gasteiger partial charge in [-0.3, -0.25) is 0 Å². The van der Waals surface area contributed by atoms with Gasteiger partial charge in [0, 0.05) is 0 Å². The Morgan fingerprint density at radius 3 is 2.48 bits per heavy atom. The van der Waals surface area contributed by atoms with Gasteiger partial charge in [0.25, 0.3) is 0 Å². The van der Waals surface area contributed by atoms with E-state index in [-0.39, 0.29) is 0 Å². The summed E-state index contributed by atoms with van der Waals surface area (Å²) in [5.41, 5.74) is 6.03. The zero-order valence-corrected chi connectivity index (χ0v) is 14.9. The first kappa shape index (κ1) is 15.4. The molecule has 0 amide bonds. The van der Waals surface area contributed by atoms with Crippen LogP contribution < -0.4 is 0 Å². The predicted octanol–water partition coefficient (Wildman–Crippen LogP) is 6.53. The van der Waals surface area contributed by atoms with Crippen molar-refractivity contribution < 1.29 is 0 Å². The SMILES string of the molecule is C=C1C(C)CC[C@@]2(C)CCC3=C(C)CC[C@@H](C[C@H]12)C3(C)C. The zero-order chi connectivity index (χ0) is 15.4. The molecular weight excluding hydrogens is 252 g/mol. The summed E-state index contributed by atoms with van der Waals surface area (Å²) in [6.07, 6.45) is 9.63. The first-order valence-electron chi connectivity index (χ1n) is 9.13. The zero-order valence-electron chi connectivity index (χ0n) is 14.9. The predicted molar refractivity (Wildman–Crippen MR) is 92.2 cm³/mol. The number of allylic oxidation sites excluding steroid dienone is 3. The highest BCUT2D eigenvalue weighted by molar-refractivity contribution is 5.27. The van der Waals surface area contributed by atoms with Crippen LogP contribution in [-0.2, 0) is 0 Å². The van der Waals surface area contributed by atoms with Gasteiger partial charge in [0.1, 0.15) is 0 Å². The molecule has 2 fully saturated rings. The van der Waals surface area contributed by atoms with Gasteiger partial charge >= 0.3 is 0 Å². The van der Waals surface area contributed by atoms with Crippen molar-refractivity contribution in [3.05, 3.63) is 23.3 Å². The summed E-state index contributed by atoms with van der Waals surface area (Å²) in [4.78, 5) is 0. The van der Waals surface area contributed by atoms with Crippen LogP contribution in [0.15, 0.2) is 23.3 Å². The van der Waals surface area contributed by atoms with Crippen LogP contribution in [0.3, 0.4) is 0 Å². The van der Waals surface area contributed by atoms with Crippen LogP contribution >= 0.6 is 0 Å². The molecular formula is C21H34. The largest absolute Gasteiger partial charge is 0.0993 e. The maximum absolute atomic E-state index is 4.55. The Kier molecular flexibility index (Phi) is 3.66. The molecule has 3 aliphatic carbocycles. The minimum Gasteiger partial charge on any atom is -0.0993 e. The second-order valence-electron chi connectivity index (χ2n) is 9.17. The van der Waals surface area contributed by atoms with Crippen LogP contribution in [-0.4, -0.2) is 0 Å². The summed E-state index contributed by atoms with van der Waals surface area (Å²) in [6, 6.07) is 0. The van der Waals surface area contributed by atoms with Crippen LogP contribution in [0.25, 0.3) is 0 Å². The van der Waals surface area contributed by atoms with E-state index >= 15 is 0 Å². The maximum Gasteiger partial charge on any atom is -0.0114 e. The fraction of sp³-hybridized carbons (Fsp3) is 0.810. The topological polar surface area (TPSA) is 0 Å². The first-order valence-corrected chi connectivity index (χ1v) is 9.13. The molecule has 0 heteroatoms. The van der Waals surface area contributed by atoms with Crippen molar-refractivity contribution in [3.63, 3.8) is 0 Å². The summed E-state index contributed by atoms with van der Waals surface area (Å²) in [5, 5.41) is 0. The molecule has 21 heavy (non-hydrogen) atoms. The van der Waals surface area contributed by atoms with Gasteiger partial charge in [-0.2, -0.15) is 0 Å². The molecule has 0 spiro atoms. The Morgan fingerprint density at radius 2 is 1.76 bits per heavy atom. The third-order valence-electron chi connectivity index (χ3n) is 7.72. The van der Waals surface area contributed by atoms with Gasteiger partial charge in [0.15, 0.2) is 0 Å². The number of hydrogen-bond donors (Lipinski definition) is 0. The standard InChI is InChI=1S/C21H34/c1-14-9-11-21(6)12-10-18-15(2)7-8-17(20(18,4)5)13-19(21)16(14)3/h14,17,19H,3,7-13H2,1-2,4-6H3/t14?,17-,19+,21-/m0/s1. The Morgan fingerprint density at radius 1 is 1.05 bits per heavy atom. The Bertz CT molecular complexity index is 478. The molecule has 1 unspecified atom stereocenters. The van der Waals surface area contributed by atoms with Crippen molar-refractivity contribution in [1.82, 2.24) is 0 Å². The highest BCUT2D eigenvalue weighted by Gasteiger charge is 2.48. The quantitative estimate of drug-likeness (QED) is 0.444. The number of hydrogen-bond acceptors (Lipinski definition) is 0. The molecule has 0 aromatic carbocycles. The molecule has 118 valence electrons. The monoisotopic (exact) mass is 286 g/mol. The molecule has 0 nitrogen and oxygen atoms in total.